The van der Waals surface area contributed by atoms with Gasteiger partial charge in [-0.15, -0.1) is 0 Å². The molecule has 0 atom stereocenters. The number of hydrogen-bond acceptors (Lipinski definition) is 1. The maximum atomic E-state index is 9.35. The highest BCUT2D eigenvalue weighted by Crippen LogP contribution is 2.52. The van der Waals surface area contributed by atoms with Crippen LogP contribution in [0, 0.1) is 0 Å². The van der Waals surface area contributed by atoms with Gasteiger partial charge >= 0.3 is 0 Å². The van der Waals surface area contributed by atoms with Crippen molar-refractivity contribution in [1.82, 2.24) is 0 Å². The lowest BCUT2D eigenvalue weighted by atomic mass is 9.78. The second kappa shape index (κ2) is 10.0. The van der Waals surface area contributed by atoms with Crippen LogP contribution in [0.3, 0.4) is 0 Å². The highest BCUT2D eigenvalue weighted by atomic mass is 16.3. The predicted octanol–water partition coefficient (Wildman–Crippen LogP) is 13.2. The zero-order chi connectivity index (χ0) is 38.9. The summed E-state index contributed by atoms with van der Waals surface area (Å²) in [6.07, 6.45) is 0. The molecule has 0 unspecified atom stereocenters. The molecular weight excluding hydrogens is 581 g/mol. The van der Waals surface area contributed by atoms with Crippen LogP contribution in [0.1, 0.15) is 35.9 Å². The average Bonchev–Trinajstić information content (AvgIpc) is 3.71. The van der Waals surface area contributed by atoms with Gasteiger partial charge in [0.25, 0.3) is 0 Å². The van der Waals surface area contributed by atoms with E-state index in [9.17, 15) is 5.48 Å². The summed E-state index contributed by atoms with van der Waals surface area (Å²) in [7, 11) is 0. The Hall–Kier alpha value is -5.92. The highest BCUT2D eigenvalue weighted by Gasteiger charge is 2.37. The Morgan fingerprint density at radius 3 is 1.73 bits per heavy atom. The fourth-order valence-corrected chi connectivity index (χ4v) is 7.99. The summed E-state index contributed by atoms with van der Waals surface area (Å²) >= 11 is 0. The van der Waals surface area contributed by atoms with Gasteiger partial charge in [0.1, 0.15) is 11.2 Å². The molecular formula is C47H32O. The zero-order valence-electron chi connectivity index (χ0n) is 34.3. The third-order valence-electron chi connectivity index (χ3n) is 10.1. The summed E-state index contributed by atoms with van der Waals surface area (Å²) < 4.78 is 78.7. The molecule has 8 aromatic carbocycles. The van der Waals surface area contributed by atoms with Gasteiger partial charge in [0.15, 0.2) is 0 Å². The van der Waals surface area contributed by atoms with Crippen LogP contribution >= 0.6 is 0 Å². The minimum absolute atomic E-state index is 0.181. The fourth-order valence-electron chi connectivity index (χ4n) is 7.99. The maximum Gasteiger partial charge on any atom is 0.135 e. The predicted molar refractivity (Wildman–Crippen MR) is 203 cm³/mol. The summed E-state index contributed by atoms with van der Waals surface area (Å²) in [5, 5.41) is 2.37. The van der Waals surface area contributed by atoms with Crippen LogP contribution in [0.2, 0.25) is 0 Å². The molecule has 226 valence electrons. The van der Waals surface area contributed by atoms with Crippen molar-refractivity contribution >= 4 is 43.5 Å². The minimum Gasteiger partial charge on any atom is -0.456 e. The molecule has 0 radical (unpaired) electrons. The van der Waals surface area contributed by atoms with Crippen molar-refractivity contribution in [2.75, 3.05) is 0 Å². The number of hydrogen-bond donors (Lipinski definition) is 0. The monoisotopic (exact) mass is 620 g/mol. The van der Waals surface area contributed by atoms with Gasteiger partial charge in [0.2, 0.25) is 0 Å². The van der Waals surface area contributed by atoms with Gasteiger partial charge in [-0.2, -0.15) is 0 Å². The van der Waals surface area contributed by atoms with E-state index in [2.05, 4.69) is 56.3 Å². The summed E-state index contributed by atoms with van der Waals surface area (Å²) in [5.41, 5.74) is 9.73. The largest absolute Gasteiger partial charge is 0.456 e. The van der Waals surface area contributed by atoms with Gasteiger partial charge in [-0.3, -0.25) is 0 Å². The van der Waals surface area contributed by atoms with Crippen molar-refractivity contribution in [3.8, 4) is 44.5 Å². The molecule has 10 rings (SSSR count). The maximum absolute atomic E-state index is 9.35. The standard InChI is InChI=1S/C47H32O/c1-47(2)41-20-9-7-12-33(41)39-19-11-18-32(46(39)47)29-22-24-30(25-23-29)44-35-14-3-5-16-37(35)45(38-17-6-4-15-36(38)44)31-26-27-43-40(28-31)34-13-8-10-21-42(34)48-43/h3-28H,1-2H3/i3D,4D,5D,6D,14D,15D,16D,17D. The first-order valence-electron chi connectivity index (χ1n) is 20.1. The van der Waals surface area contributed by atoms with E-state index < -0.39 is 24.2 Å². The molecule has 1 aromatic heterocycles. The molecule has 0 saturated heterocycles. The van der Waals surface area contributed by atoms with Crippen molar-refractivity contribution in [3.63, 3.8) is 0 Å². The van der Waals surface area contributed by atoms with E-state index in [1.807, 2.05) is 54.6 Å². The summed E-state index contributed by atoms with van der Waals surface area (Å²) in [6.45, 7) is 4.48. The van der Waals surface area contributed by atoms with Gasteiger partial charge in [-0.05, 0) is 95.4 Å². The second-order valence-electron chi connectivity index (χ2n) is 13.0. The molecule has 1 heterocycles. The van der Waals surface area contributed by atoms with Crippen LogP contribution in [0.5, 0.6) is 0 Å². The molecule has 1 aliphatic rings. The Bertz CT molecular complexity index is 3110. The topological polar surface area (TPSA) is 13.1 Å². The molecule has 0 bridgehead atoms. The van der Waals surface area contributed by atoms with Crippen LogP contribution in [-0.2, 0) is 5.41 Å². The summed E-state index contributed by atoms with van der Waals surface area (Å²) in [4.78, 5) is 0. The van der Waals surface area contributed by atoms with Gasteiger partial charge in [0.05, 0.1) is 11.0 Å². The first kappa shape index (κ1) is 20.3. The van der Waals surface area contributed by atoms with Crippen LogP contribution in [-0.4, -0.2) is 0 Å². The molecule has 9 aromatic rings. The second-order valence-corrected chi connectivity index (χ2v) is 13.0. The Labute approximate surface area is 291 Å². The van der Waals surface area contributed by atoms with E-state index in [4.69, 9.17) is 9.90 Å². The summed E-state index contributed by atoms with van der Waals surface area (Å²) in [6, 6.07) is 32.8. The third kappa shape index (κ3) is 3.79. The number of furan rings is 1. The smallest absolute Gasteiger partial charge is 0.135 e. The Morgan fingerprint density at radius 2 is 1.00 bits per heavy atom. The normalized spacial score (nSPS) is 15.7. The first-order valence-corrected chi connectivity index (χ1v) is 16.1. The molecule has 0 saturated carbocycles. The molecule has 1 aliphatic carbocycles. The molecule has 0 spiro atoms. The SMILES string of the molecule is [2H]c1c([2H])c([2H])c2c(-c3ccc4oc5ccccc5c4c3)c3c([2H])c([2H])c([2H])c([2H])c3c(-c3ccc(-c4cccc5c4C(C)(C)c4ccccc4-5)cc3)c2c1[2H]. The molecule has 0 amide bonds. The van der Waals surface area contributed by atoms with E-state index in [1.165, 1.54) is 22.3 Å². The molecule has 1 nitrogen and oxygen atoms in total. The molecule has 0 N–H and O–H groups in total. The van der Waals surface area contributed by atoms with E-state index >= 15 is 0 Å². The van der Waals surface area contributed by atoms with Crippen LogP contribution in [0.15, 0.2) is 162 Å². The van der Waals surface area contributed by atoms with Crippen molar-refractivity contribution < 1.29 is 15.4 Å². The van der Waals surface area contributed by atoms with Gasteiger partial charge in [-0.25, -0.2) is 0 Å². The van der Waals surface area contributed by atoms with E-state index in [0.717, 1.165) is 21.9 Å². The zero-order valence-corrected chi connectivity index (χ0v) is 26.3. The van der Waals surface area contributed by atoms with Crippen molar-refractivity contribution in [1.29, 1.82) is 0 Å². The highest BCUT2D eigenvalue weighted by molar-refractivity contribution is 6.22. The first-order chi connectivity index (χ1) is 26.9. The minimum atomic E-state index is -0.429. The van der Waals surface area contributed by atoms with Crippen LogP contribution in [0.4, 0.5) is 0 Å². The van der Waals surface area contributed by atoms with Gasteiger partial charge < -0.3 is 4.42 Å². The molecule has 0 aliphatic heterocycles. The quantitative estimate of drug-likeness (QED) is 0.179. The van der Waals surface area contributed by atoms with Crippen molar-refractivity contribution in [2.24, 2.45) is 0 Å². The Balaban J connectivity index is 1.30. The number of rotatable bonds is 3. The van der Waals surface area contributed by atoms with E-state index in [1.54, 1.807) is 12.1 Å². The molecule has 0 fully saturated rings. The lowest BCUT2D eigenvalue weighted by Gasteiger charge is -2.24. The van der Waals surface area contributed by atoms with Gasteiger partial charge in [0, 0.05) is 16.2 Å². The lowest BCUT2D eigenvalue weighted by Crippen LogP contribution is -2.16. The van der Waals surface area contributed by atoms with Crippen molar-refractivity contribution in [2.45, 2.75) is 19.3 Å². The lowest BCUT2D eigenvalue weighted by molar-refractivity contribution is 0.662. The molecule has 1 heteroatoms. The summed E-state index contributed by atoms with van der Waals surface area (Å²) in [5.74, 6) is 0. The number of benzene rings is 8. The molecule has 48 heavy (non-hydrogen) atoms. The average molecular weight is 621 g/mol. The number of para-hydroxylation sites is 1. The van der Waals surface area contributed by atoms with Crippen LogP contribution in [0.25, 0.3) is 88.0 Å². The van der Waals surface area contributed by atoms with Crippen LogP contribution < -0.4 is 0 Å². The van der Waals surface area contributed by atoms with E-state index in [0.29, 0.717) is 33.4 Å². The van der Waals surface area contributed by atoms with Gasteiger partial charge in [-0.1, -0.05) is 153 Å². The third-order valence-corrected chi connectivity index (χ3v) is 10.1. The van der Waals surface area contributed by atoms with Crippen molar-refractivity contribution in [3.05, 3.63) is 169 Å². The Kier molecular flexibility index (Phi) is 4.25. The Morgan fingerprint density at radius 1 is 0.458 bits per heavy atom. The number of fused-ring (bicyclic) bond motifs is 8. The fraction of sp³-hybridized carbons (Fsp3) is 0.0638. The van der Waals surface area contributed by atoms with E-state index in [-0.39, 0.29) is 51.1 Å².